The minimum absolute atomic E-state index is 0.209. The highest BCUT2D eigenvalue weighted by Crippen LogP contribution is 2.27. The molecule has 0 aliphatic heterocycles. The molecule has 104 valence electrons. The molecule has 0 radical (unpaired) electrons. The maximum Gasteiger partial charge on any atom is 0.0480 e. The monoisotopic (exact) mass is 258 g/mol. The normalized spacial score (nSPS) is 12.6. The smallest absolute Gasteiger partial charge is 0.0480 e. The van der Waals surface area contributed by atoms with E-state index in [1.807, 2.05) is 0 Å². The van der Waals surface area contributed by atoms with Gasteiger partial charge >= 0.3 is 0 Å². The van der Waals surface area contributed by atoms with E-state index in [0.717, 1.165) is 6.54 Å². The van der Waals surface area contributed by atoms with Crippen molar-refractivity contribution >= 4 is 10.9 Å². The van der Waals surface area contributed by atoms with Crippen molar-refractivity contribution in [2.24, 2.45) is 7.05 Å². The van der Waals surface area contributed by atoms with Gasteiger partial charge in [-0.1, -0.05) is 40.7 Å². The van der Waals surface area contributed by atoms with E-state index in [0.29, 0.717) is 6.04 Å². The number of aromatic nitrogens is 1. The zero-order valence-corrected chi connectivity index (χ0v) is 13.0. The number of nitrogens with zero attached hydrogens (tertiary/aromatic N) is 1. The molecule has 0 unspecified atom stereocenters. The summed E-state index contributed by atoms with van der Waals surface area (Å²) in [5.74, 6) is 0. The number of aryl methyl sites for hydroxylation is 1. The average Bonchev–Trinajstić information content (AvgIpc) is 2.62. The molecule has 19 heavy (non-hydrogen) atoms. The van der Waals surface area contributed by atoms with E-state index in [9.17, 15) is 0 Å². The molecule has 0 saturated heterocycles. The van der Waals surface area contributed by atoms with E-state index in [-0.39, 0.29) is 5.41 Å². The quantitative estimate of drug-likeness (QED) is 0.881. The lowest BCUT2D eigenvalue weighted by atomic mass is 9.86. The Morgan fingerprint density at radius 1 is 1.16 bits per heavy atom. The molecule has 1 aromatic heterocycles. The van der Waals surface area contributed by atoms with Crippen molar-refractivity contribution < 1.29 is 0 Å². The molecular weight excluding hydrogens is 232 g/mol. The molecule has 2 heteroatoms. The van der Waals surface area contributed by atoms with Gasteiger partial charge in [-0.15, -0.1) is 0 Å². The first-order chi connectivity index (χ1) is 8.79. The molecule has 1 heterocycles. The summed E-state index contributed by atoms with van der Waals surface area (Å²) >= 11 is 0. The number of nitrogens with one attached hydrogen (secondary N) is 1. The second-order valence-electron chi connectivity index (χ2n) is 6.75. The van der Waals surface area contributed by atoms with Crippen LogP contribution in [0.3, 0.4) is 0 Å². The Kier molecular flexibility index (Phi) is 3.73. The van der Waals surface area contributed by atoms with Crippen LogP contribution in [0.5, 0.6) is 0 Å². The SMILES string of the molecule is CC(C)NCc1cc2cc(C(C)(C)C)ccc2n1C. The fraction of sp³-hybridized carbons (Fsp3) is 0.529. The zero-order valence-electron chi connectivity index (χ0n) is 13.0. The van der Waals surface area contributed by atoms with Crippen LogP contribution in [0, 0.1) is 0 Å². The van der Waals surface area contributed by atoms with E-state index < -0.39 is 0 Å². The first kappa shape index (κ1) is 14.1. The second kappa shape index (κ2) is 5.01. The van der Waals surface area contributed by atoms with Gasteiger partial charge in [0, 0.05) is 36.2 Å². The van der Waals surface area contributed by atoms with Crippen LogP contribution in [-0.4, -0.2) is 10.6 Å². The Bertz CT molecular complexity index is 571. The van der Waals surface area contributed by atoms with E-state index in [1.54, 1.807) is 0 Å². The molecule has 2 aromatic rings. The molecule has 2 rings (SSSR count). The summed E-state index contributed by atoms with van der Waals surface area (Å²) < 4.78 is 2.29. The molecule has 0 aliphatic rings. The lowest BCUT2D eigenvalue weighted by molar-refractivity contribution is 0.572. The summed E-state index contributed by atoms with van der Waals surface area (Å²) in [5.41, 5.74) is 4.26. The number of benzene rings is 1. The minimum atomic E-state index is 0.209. The van der Waals surface area contributed by atoms with Gasteiger partial charge in [0.05, 0.1) is 0 Å². The number of fused-ring (bicyclic) bond motifs is 1. The van der Waals surface area contributed by atoms with E-state index in [4.69, 9.17) is 0 Å². The molecule has 0 bridgehead atoms. The van der Waals surface area contributed by atoms with Crippen molar-refractivity contribution in [3.8, 4) is 0 Å². The first-order valence-electron chi connectivity index (χ1n) is 7.11. The Balaban J connectivity index is 2.39. The molecule has 0 aliphatic carbocycles. The fourth-order valence-corrected chi connectivity index (χ4v) is 2.35. The zero-order chi connectivity index (χ0) is 14.2. The molecule has 0 fully saturated rings. The predicted octanol–water partition coefficient (Wildman–Crippen LogP) is 3.97. The Labute approximate surface area is 116 Å². The fourth-order valence-electron chi connectivity index (χ4n) is 2.35. The van der Waals surface area contributed by atoms with Gasteiger partial charge in [0.25, 0.3) is 0 Å². The van der Waals surface area contributed by atoms with Crippen molar-refractivity contribution in [3.63, 3.8) is 0 Å². The topological polar surface area (TPSA) is 17.0 Å². The van der Waals surface area contributed by atoms with Crippen LogP contribution < -0.4 is 5.32 Å². The van der Waals surface area contributed by atoms with Gasteiger partial charge in [0.15, 0.2) is 0 Å². The standard InChI is InChI=1S/C17H26N2/c1-12(2)18-11-15-10-13-9-14(17(3,4)5)7-8-16(13)19(15)6/h7-10,12,18H,11H2,1-6H3. The maximum atomic E-state index is 3.49. The van der Waals surface area contributed by atoms with Crippen LogP contribution in [-0.2, 0) is 19.0 Å². The van der Waals surface area contributed by atoms with Crippen molar-refractivity contribution in [1.29, 1.82) is 0 Å². The first-order valence-corrected chi connectivity index (χ1v) is 7.11. The van der Waals surface area contributed by atoms with Crippen LogP contribution in [0.15, 0.2) is 24.3 Å². The molecule has 0 saturated carbocycles. The minimum Gasteiger partial charge on any atom is -0.346 e. The molecule has 0 atom stereocenters. The highest BCUT2D eigenvalue weighted by Gasteiger charge is 2.15. The van der Waals surface area contributed by atoms with E-state index >= 15 is 0 Å². The molecule has 1 N–H and O–H groups in total. The Morgan fingerprint density at radius 3 is 2.42 bits per heavy atom. The van der Waals surface area contributed by atoms with Crippen molar-refractivity contribution in [3.05, 3.63) is 35.5 Å². The third-order valence-electron chi connectivity index (χ3n) is 3.70. The Hall–Kier alpha value is -1.28. The maximum absolute atomic E-state index is 3.49. The lowest BCUT2D eigenvalue weighted by Gasteiger charge is -2.19. The van der Waals surface area contributed by atoms with Gasteiger partial charge in [0.1, 0.15) is 0 Å². The van der Waals surface area contributed by atoms with E-state index in [1.165, 1.54) is 22.2 Å². The molecule has 0 spiro atoms. The van der Waals surface area contributed by atoms with Crippen molar-refractivity contribution in [2.75, 3.05) is 0 Å². The number of hydrogen-bond donors (Lipinski definition) is 1. The summed E-state index contributed by atoms with van der Waals surface area (Å²) in [6.45, 7) is 12.1. The highest BCUT2D eigenvalue weighted by molar-refractivity contribution is 5.82. The lowest BCUT2D eigenvalue weighted by Crippen LogP contribution is -2.22. The second-order valence-corrected chi connectivity index (χ2v) is 6.75. The highest BCUT2D eigenvalue weighted by atomic mass is 15.0. The average molecular weight is 258 g/mol. The van der Waals surface area contributed by atoms with Gasteiger partial charge in [-0.2, -0.15) is 0 Å². The number of hydrogen-bond acceptors (Lipinski definition) is 1. The summed E-state index contributed by atoms with van der Waals surface area (Å²) in [7, 11) is 2.15. The van der Waals surface area contributed by atoms with Crippen LogP contribution in [0.25, 0.3) is 10.9 Å². The third-order valence-corrected chi connectivity index (χ3v) is 3.70. The predicted molar refractivity (Wildman–Crippen MR) is 83.6 cm³/mol. The van der Waals surface area contributed by atoms with Crippen LogP contribution in [0.4, 0.5) is 0 Å². The van der Waals surface area contributed by atoms with Gasteiger partial charge in [-0.25, -0.2) is 0 Å². The molecule has 0 amide bonds. The summed E-state index contributed by atoms with van der Waals surface area (Å²) in [4.78, 5) is 0. The summed E-state index contributed by atoms with van der Waals surface area (Å²) in [5, 5.41) is 4.83. The Morgan fingerprint density at radius 2 is 1.84 bits per heavy atom. The van der Waals surface area contributed by atoms with Gasteiger partial charge in [-0.05, 0) is 29.2 Å². The van der Waals surface area contributed by atoms with Crippen LogP contribution in [0.1, 0.15) is 45.9 Å². The van der Waals surface area contributed by atoms with Crippen LogP contribution >= 0.6 is 0 Å². The van der Waals surface area contributed by atoms with Crippen molar-refractivity contribution in [2.45, 2.75) is 52.6 Å². The summed E-state index contributed by atoms with van der Waals surface area (Å²) in [6.07, 6.45) is 0. The number of rotatable bonds is 3. The largest absolute Gasteiger partial charge is 0.346 e. The van der Waals surface area contributed by atoms with E-state index in [2.05, 4.69) is 75.8 Å². The molecular formula is C17H26N2. The van der Waals surface area contributed by atoms with Crippen molar-refractivity contribution in [1.82, 2.24) is 9.88 Å². The van der Waals surface area contributed by atoms with Gasteiger partial charge in [-0.3, -0.25) is 0 Å². The third kappa shape index (κ3) is 3.01. The van der Waals surface area contributed by atoms with Gasteiger partial charge in [0.2, 0.25) is 0 Å². The summed E-state index contributed by atoms with van der Waals surface area (Å²) in [6, 6.07) is 9.65. The molecule has 2 nitrogen and oxygen atoms in total. The van der Waals surface area contributed by atoms with Crippen LogP contribution in [0.2, 0.25) is 0 Å². The molecule has 1 aromatic carbocycles. The van der Waals surface area contributed by atoms with Gasteiger partial charge < -0.3 is 9.88 Å².